The van der Waals surface area contributed by atoms with Gasteiger partial charge in [-0.1, -0.05) is 0 Å². The summed E-state index contributed by atoms with van der Waals surface area (Å²) in [6.45, 7) is 3.75. The molecule has 0 aromatic carbocycles. The van der Waals surface area contributed by atoms with Crippen LogP contribution in [0.4, 0.5) is 4.39 Å². The highest BCUT2D eigenvalue weighted by Gasteiger charge is 2.30. The lowest BCUT2D eigenvalue weighted by Gasteiger charge is -2.35. The number of nitrogens with zero attached hydrogens (tertiary/aromatic N) is 1. The molecule has 0 unspecified atom stereocenters. The predicted molar refractivity (Wildman–Crippen MR) is 109 cm³/mol. The van der Waals surface area contributed by atoms with Crippen LogP contribution in [0, 0.1) is 5.82 Å². The van der Waals surface area contributed by atoms with Crippen LogP contribution in [-0.2, 0) is 14.8 Å². The predicted octanol–water partition coefficient (Wildman–Crippen LogP) is 2.33. The fourth-order valence-corrected chi connectivity index (χ4v) is 5.15. The van der Waals surface area contributed by atoms with Gasteiger partial charge in [0, 0.05) is 17.6 Å². The number of sulfonamides is 1. The van der Waals surface area contributed by atoms with Crippen LogP contribution in [0.15, 0.2) is 12.3 Å². The molecule has 1 aliphatic heterocycles. The maximum Gasteiger partial charge on any atom is 0.216 e. The largest absolute Gasteiger partial charge is 0.478 e. The Bertz CT molecular complexity index is 769. The minimum Gasteiger partial charge on any atom is -0.478 e. The second-order valence-corrected chi connectivity index (χ2v) is 9.77. The lowest BCUT2D eigenvalue weighted by atomic mass is 9.83. The molecule has 2 aliphatic rings. The summed E-state index contributed by atoms with van der Waals surface area (Å²) in [6.07, 6.45) is 7.81. The second kappa shape index (κ2) is 10.1. The number of hydrogen-bond acceptors (Lipinski definition) is 6. The molecule has 0 bridgehead atoms. The summed E-state index contributed by atoms with van der Waals surface area (Å²) in [5.74, 6) is 0.404. The number of nitrogens with one attached hydrogen (secondary N) is 2. The molecule has 0 spiro atoms. The van der Waals surface area contributed by atoms with Crippen LogP contribution in [0.1, 0.15) is 56.9 Å². The minimum atomic E-state index is -3.24. The third-order valence-corrected chi connectivity index (χ3v) is 6.43. The van der Waals surface area contributed by atoms with E-state index in [1.54, 1.807) is 0 Å². The van der Waals surface area contributed by atoms with E-state index in [0.29, 0.717) is 19.1 Å². The smallest absolute Gasteiger partial charge is 0.216 e. The zero-order valence-corrected chi connectivity index (χ0v) is 18.0. The third-order valence-electron chi connectivity index (χ3n) is 5.70. The number of rotatable bonds is 8. The van der Waals surface area contributed by atoms with Crippen molar-refractivity contribution < 1.29 is 22.3 Å². The lowest BCUT2D eigenvalue weighted by molar-refractivity contribution is 0.00506. The Balaban J connectivity index is 1.52. The van der Waals surface area contributed by atoms with Crippen LogP contribution in [0.5, 0.6) is 5.88 Å². The van der Waals surface area contributed by atoms with Crippen molar-refractivity contribution in [1.29, 1.82) is 0 Å². The molecule has 9 heteroatoms. The summed E-state index contributed by atoms with van der Waals surface area (Å²) in [7, 11) is -3.24. The van der Waals surface area contributed by atoms with Crippen molar-refractivity contribution in [1.82, 2.24) is 15.0 Å². The number of piperidine rings is 1. The molecule has 2 fully saturated rings. The molecule has 0 amide bonds. The van der Waals surface area contributed by atoms with Crippen molar-refractivity contribution in [2.75, 3.05) is 26.0 Å². The number of pyridine rings is 1. The Hall–Kier alpha value is -1.29. The highest BCUT2D eigenvalue weighted by molar-refractivity contribution is 7.88. The summed E-state index contributed by atoms with van der Waals surface area (Å²) in [4.78, 5) is 4.10. The summed E-state index contributed by atoms with van der Waals surface area (Å²) >= 11 is 0. The first-order valence-electron chi connectivity index (χ1n) is 10.5. The van der Waals surface area contributed by atoms with Crippen molar-refractivity contribution in [3.63, 3.8) is 0 Å². The second-order valence-electron chi connectivity index (χ2n) is 7.99. The van der Waals surface area contributed by atoms with Crippen molar-refractivity contribution >= 4 is 10.0 Å². The number of ether oxygens (including phenoxy) is 2. The Morgan fingerprint density at radius 1 is 1.28 bits per heavy atom. The summed E-state index contributed by atoms with van der Waals surface area (Å²) in [5, 5.41) is 3.38. The molecule has 29 heavy (non-hydrogen) atoms. The molecular formula is C20H32FN3O4S. The molecule has 2 atom stereocenters. The van der Waals surface area contributed by atoms with E-state index < -0.39 is 10.0 Å². The average Bonchev–Trinajstić information content (AvgIpc) is 2.68. The average molecular weight is 430 g/mol. The van der Waals surface area contributed by atoms with Crippen molar-refractivity contribution in [3.05, 3.63) is 23.6 Å². The first-order chi connectivity index (χ1) is 13.9. The first-order valence-corrected chi connectivity index (χ1v) is 12.4. The van der Waals surface area contributed by atoms with Gasteiger partial charge in [-0.05, 0) is 64.0 Å². The molecule has 164 valence electrons. The molecule has 1 saturated carbocycles. The van der Waals surface area contributed by atoms with Crippen molar-refractivity contribution in [2.24, 2.45) is 0 Å². The fourth-order valence-electron chi connectivity index (χ4n) is 4.32. The van der Waals surface area contributed by atoms with Gasteiger partial charge < -0.3 is 14.8 Å². The van der Waals surface area contributed by atoms with Crippen LogP contribution < -0.4 is 14.8 Å². The Labute approximate surface area is 172 Å². The van der Waals surface area contributed by atoms with E-state index in [9.17, 15) is 12.8 Å². The van der Waals surface area contributed by atoms with Gasteiger partial charge >= 0.3 is 0 Å². The van der Waals surface area contributed by atoms with Crippen LogP contribution in [0.2, 0.25) is 0 Å². The molecular weight excluding hydrogens is 397 g/mol. The van der Waals surface area contributed by atoms with Gasteiger partial charge in [-0.15, -0.1) is 0 Å². The van der Waals surface area contributed by atoms with E-state index in [4.69, 9.17) is 9.47 Å². The van der Waals surface area contributed by atoms with Gasteiger partial charge in [-0.25, -0.2) is 22.5 Å². The third kappa shape index (κ3) is 6.60. The molecule has 2 N–H and O–H groups in total. The maximum atomic E-state index is 13.7. The molecule has 1 saturated heterocycles. The van der Waals surface area contributed by atoms with E-state index in [-0.39, 0.29) is 29.9 Å². The molecule has 1 aromatic heterocycles. The quantitative estimate of drug-likeness (QED) is 0.659. The number of halogens is 1. The zero-order valence-electron chi connectivity index (χ0n) is 17.2. The number of hydrogen-bond donors (Lipinski definition) is 2. The van der Waals surface area contributed by atoms with Crippen LogP contribution >= 0.6 is 0 Å². The fraction of sp³-hybridized carbons (Fsp3) is 0.750. The van der Waals surface area contributed by atoms with Gasteiger partial charge in [0.25, 0.3) is 0 Å². The maximum absolute atomic E-state index is 13.7. The van der Waals surface area contributed by atoms with Gasteiger partial charge in [0.15, 0.2) is 0 Å². The van der Waals surface area contributed by atoms with Gasteiger partial charge in [0.2, 0.25) is 15.9 Å². The van der Waals surface area contributed by atoms with E-state index >= 15 is 0 Å². The van der Waals surface area contributed by atoms with Gasteiger partial charge in [0.1, 0.15) is 5.82 Å². The first kappa shape index (κ1) is 22.4. The van der Waals surface area contributed by atoms with E-state index in [2.05, 4.69) is 15.0 Å². The molecule has 7 nitrogen and oxygen atoms in total. The summed E-state index contributed by atoms with van der Waals surface area (Å²) in [6, 6.07) is 1.38. The van der Waals surface area contributed by atoms with Crippen molar-refractivity contribution in [3.8, 4) is 5.88 Å². The van der Waals surface area contributed by atoms with Crippen LogP contribution in [-0.4, -0.2) is 57.6 Å². The zero-order chi connectivity index (χ0) is 20.9. The van der Waals surface area contributed by atoms with E-state index in [1.165, 1.54) is 18.5 Å². The van der Waals surface area contributed by atoms with E-state index in [0.717, 1.165) is 50.6 Å². The van der Waals surface area contributed by atoms with Gasteiger partial charge in [-0.3, -0.25) is 0 Å². The summed E-state index contributed by atoms with van der Waals surface area (Å²) < 4.78 is 51.3. The van der Waals surface area contributed by atoms with Crippen LogP contribution in [0.3, 0.4) is 0 Å². The molecule has 0 radical (unpaired) electrons. The molecule has 1 aliphatic carbocycles. The Morgan fingerprint density at radius 2 is 2.03 bits per heavy atom. The van der Waals surface area contributed by atoms with Crippen molar-refractivity contribution in [2.45, 2.75) is 69.6 Å². The van der Waals surface area contributed by atoms with E-state index in [1.807, 2.05) is 6.92 Å². The molecule has 2 heterocycles. The normalized spacial score (nSPS) is 28.2. The monoisotopic (exact) mass is 429 g/mol. The topological polar surface area (TPSA) is 89.6 Å². The summed E-state index contributed by atoms with van der Waals surface area (Å²) in [5.41, 5.74) is 0.844. The Kier molecular flexibility index (Phi) is 7.84. The van der Waals surface area contributed by atoms with Crippen LogP contribution in [0.25, 0.3) is 0 Å². The molecule has 3 rings (SSSR count). The Morgan fingerprint density at radius 3 is 2.72 bits per heavy atom. The minimum absolute atomic E-state index is 0.0202. The highest BCUT2D eigenvalue weighted by atomic mass is 32.2. The number of aromatic nitrogens is 1. The van der Waals surface area contributed by atoms with Gasteiger partial charge in [0.05, 0.1) is 31.8 Å². The van der Waals surface area contributed by atoms with Gasteiger partial charge in [-0.2, -0.15) is 0 Å². The molecule has 1 aromatic rings. The standard InChI is InChI=1S/C20H32FN3O4S/c1-3-27-20-17(11-15(21)12-23-20)14-6-8-16(9-7-14)28-13-19-18(5-4-10-22-19)24-29(2,25)26/h11-12,14,16,18-19,22,24H,3-10,13H2,1-2H3/t14-,16+,18-,19-/m0/s1. The lowest BCUT2D eigenvalue weighted by Crippen LogP contribution is -2.55. The SMILES string of the molecule is CCOc1ncc(F)cc1[C@H]1CC[C@@H](OC[C@@H]2NCCC[C@@H]2NS(C)(=O)=O)CC1. The highest BCUT2D eigenvalue weighted by Crippen LogP contribution is 2.38.